The van der Waals surface area contributed by atoms with Crippen LogP contribution in [-0.2, 0) is 13.6 Å². The quantitative estimate of drug-likeness (QED) is 0.587. The molecule has 7 nitrogen and oxygen atoms in total. The van der Waals surface area contributed by atoms with Crippen molar-refractivity contribution >= 4 is 22.1 Å². The summed E-state index contributed by atoms with van der Waals surface area (Å²) in [6.07, 6.45) is 6.84. The lowest BCUT2D eigenvalue weighted by Gasteiger charge is -2.09. The van der Waals surface area contributed by atoms with Crippen LogP contribution in [0.1, 0.15) is 5.56 Å². The number of hydrogen-bond donors (Lipinski definition) is 1. The lowest BCUT2D eigenvalue weighted by molar-refractivity contribution is -0.383. The summed E-state index contributed by atoms with van der Waals surface area (Å²) in [5.74, 6) is 0. The first-order chi connectivity index (χ1) is 10.1. The molecule has 0 spiro atoms. The van der Waals surface area contributed by atoms with Crippen LogP contribution < -0.4 is 5.32 Å². The Morgan fingerprint density at radius 1 is 1.29 bits per heavy atom. The minimum Gasteiger partial charge on any atom is -0.380 e. The van der Waals surface area contributed by atoms with Crippen molar-refractivity contribution < 1.29 is 4.92 Å². The number of rotatable bonds is 4. The molecule has 2 heterocycles. The summed E-state index contributed by atoms with van der Waals surface area (Å²) >= 11 is 0. The van der Waals surface area contributed by atoms with Crippen molar-refractivity contribution in [2.24, 2.45) is 7.05 Å². The van der Waals surface area contributed by atoms with E-state index < -0.39 is 4.92 Å². The number of fused-ring (bicyclic) bond motifs is 1. The van der Waals surface area contributed by atoms with Gasteiger partial charge in [0, 0.05) is 54.9 Å². The first kappa shape index (κ1) is 13.0. The van der Waals surface area contributed by atoms with Gasteiger partial charge in [-0.1, -0.05) is 0 Å². The third-order valence-electron chi connectivity index (χ3n) is 3.23. The number of nitrogens with one attached hydrogen (secondary N) is 1. The van der Waals surface area contributed by atoms with Crippen LogP contribution in [0.4, 0.5) is 11.4 Å². The van der Waals surface area contributed by atoms with Crippen molar-refractivity contribution in [2.75, 3.05) is 5.32 Å². The van der Waals surface area contributed by atoms with Gasteiger partial charge >= 0.3 is 0 Å². The van der Waals surface area contributed by atoms with E-state index in [9.17, 15) is 10.1 Å². The molecule has 0 atom stereocenters. The van der Waals surface area contributed by atoms with Crippen molar-refractivity contribution in [2.45, 2.75) is 6.54 Å². The Bertz CT molecular complexity index is 812. The van der Waals surface area contributed by atoms with Gasteiger partial charge in [0.2, 0.25) is 0 Å². The molecule has 3 aromatic rings. The second kappa shape index (κ2) is 5.20. The van der Waals surface area contributed by atoms with Gasteiger partial charge in [0.15, 0.2) is 0 Å². The third-order valence-corrected chi connectivity index (χ3v) is 3.23. The van der Waals surface area contributed by atoms with Crippen molar-refractivity contribution in [3.8, 4) is 0 Å². The van der Waals surface area contributed by atoms with Gasteiger partial charge < -0.3 is 5.32 Å². The van der Waals surface area contributed by atoms with Gasteiger partial charge in [-0.3, -0.25) is 19.8 Å². The van der Waals surface area contributed by atoms with Gasteiger partial charge in [0.1, 0.15) is 0 Å². The second-order valence-electron chi connectivity index (χ2n) is 4.69. The molecule has 0 aliphatic carbocycles. The van der Waals surface area contributed by atoms with Gasteiger partial charge in [-0.15, -0.1) is 0 Å². The molecule has 3 rings (SSSR count). The monoisotopic (exact) mass is 283 g/mol. The van der Waals surface area contributed by atoms with Crippen LogP contribution in [0.15, 0.2) is 43.0 Å². The van der Waals surface area contributed by atoms with Crippen molar-refractivity contribution in [1.82, 2.24) is 14.8 Å². The number of aryl methyl sites for hydroxylation is 1. The van der Waals surface area contributed by atoms with Crippen LogP contribution in [0, 0.1) is 10.1 Å². The molecule has 0 amide bonds. The van der Waals surface area contributed by atoms with E-state index in [1.165, 1.54) is 12.3 Å². The standard InChI is InChI=1S/C14H13N5O2/c1-18-9-10(7-17-18)6-16-13-2-3-14(19(20)21)12-8-15-5-4-11(12)13/h2-5,7-9,16H,6H2,1H3. The predicted molar refractivity (Wildman–Crippen MR) is 78.9 cm³/mol. The molecule has 0 fully saturated rings. The maximum atomic E-state index is 11.1. The number of nitrogens with zero attached hydrogens (tertiary/aromatic N) is 4. The Kier molecular flexibility index (Phi) is 3.23. The summed E-state index contributed by atoms with van der Waals surface area (Å²) in [6.45, 7) is 0.600. The van der Waals surface area contributed by atoms with Crippen LogP contribution in [0.2, 0.25) is 0 Å². The summed E-state index contributed by atoms with van der Waals surface area (Å²) in [5.41, 5.74) is 1.94. The number of nitro benzene ring substituents is 1. The van der Waals surface area contributed by atoms with Crippen LogP contribution in [0.5, 0.6) is 0 Å². The fraction of sp³-hybridized carbons (Fsp3) is 0.143. The first-order valence-corrected chi connectivity index (χ1v) is 6.37. The fourth-order valence-electron chi connectivity index (χ4n) is 2.25. The van der Waals surface area contributed by atoms with Gasteiger partial charge in [-0.25, -0.2) is 0 Å². The molecule has 0 saturated carbocycles. The highest BCUT2D eigenvalue weighted by Gasteiger charge is 2.14. The van der Waals surface area contributed by atoms with E-state index in [1.54, 1.807) is 29.2 Å². The number of anilines is 1. The molecule has 0 aliphatic rings. The topological polar surface area (TPSA) is 85.9 Å². The fourth-order valence-corrected chi connectivity index (χ4v) is 2.25. The maximum Gasteiger partial charge on any atom is 0.278 e. The third kappa shape index (κ3) is 2.53. The Hall–Kier alpha value is -2.96. The smallest absolute Gasteiger partial charge is 0.278 e. The lowest BCUT2D eigenvalue weighted by atomic mass is 10.1. The van der Waals surface area contributed by atoms with E-state index in [4.69, 9.17) is 0 Å². The summed E-state index contributed by atoms with van der Waals surface area (Å²) in [5, 5.41) is 19.7. The summed E-state index contributed by atoms with van der Waals surface area (Å²) < 4.78 is 1.73. The number of non-ortho nitro benzene ring substituents is 1. The number of benzene rings is 1. The van der Waals surface area contributed by atoms with E-state index >= 15 is 0 Å². The van der Waals surface area contributed by atoms with Gasteiger partial charge in [0.05, 0.1) is 16.5 Å². The SMILES string of the molecule is Cn1cc(CNc2ccc([N+](=O)[O-])c3cnccc23)cn1. The number of pyridine rings is 1. The predicted octanol–water partition coefficient (Wildman–Crippen LogP) is 2.49. The van der Waals surface area contributed by atoms with E-state index in [0.717, 1.165) is 16.6 Å². The second-order valence-corrected chi connectivity index (χ2v) is 4.69. The molecule has 0 bridgehead atoms. The molecule has 0 radical (unpaired) electrons. The molecular weight excluding hydrogens is 270 g/mol. The zero-order valence-electron chi connectivity index (χ0n) is 11.4. The molecule has 0 aliphatic heterocycles. The molecule has 2 aromatic heterocycles. The molecule has 0 unspecified atom stereocenters. The van der Waals surface area contributed by atoms with Crippen LogP contribution in [0.25, 0.3) is 10.8 Å². The summed E-state index contributed by atoms with van der Waals surface area (Å²) in [7, 11) is 1.86. The van der Waals surface area contributed by atoms with E-state index in [-0.39, 0.29) is 5.69 Å². The van der Waals surface area contributed by atoms with Crippen molar-refractivity contribution in [3.05, 3.63) is 58.7 Å². The Balaban J connectivity index is 1.96. The van der Waals surface area contributed by atoms with E-state index in [2.05, 4.69) is 15.4 Å². The molecule has 0 saturated heterocycles. The largest absolute Gasteiger partial charge is 0.380 e. The first-order valence-electron chi connectivity index (χ1n) is 6.37. The number of aromatic nitrogens is 3. The normalized spacial score (nSPS) is 10.7. The lowest BCUT2D eigenvalue weighted by Crippen LogP contribution is -2.00. The minimum absolute atomic E-state index is 0.0602. The minimum atomic E-state index is -0.394. The van der Waals surface area contributed by atoms with Crippen LogP contribution in [-0.4, -0.2) is 19.7 Å². The molecule has 1 N–H and O–H groups in total. The average molecular weight is 283 g/mol. The van der Waals surface area contributed by atoms with Crippen molar-refractivity contribution in [3.63, 3.8) is 0 Å². The number of nitro groups is 1. The summed E-state index contributed by atoms with van der Waals surface area (Å²) in [4.78, 5) is 14.6. The number of hydrogen-bond acceptors (Lipinski definition) is 5. The van der Waals surface area contributed by atoms with Gasteiger partial charge in [0.25, 0.3) is 5.69 Å². The van der Waals surface area contributed by atoms with Gasteiger partial charge in [-0.05, 0) is 12.1 Å². The summed E-state index contributed by atoms with van der Waals surface area (Å²) in [6, 6.07) is 4.99. The van der Waals surface area contributed by atoms with E-state index in [1.807, 2.05) is 13.2 Å². The molecular formula is C14H13N5O2. The average Bonchev–Trinajstić information content (AvgIpc) is 2.90. The van der Waals surface area contributed by atoms with Crippen molar-refractivity contribution in [1.29, 1.82) is 0 Å². The molecule has 1 aromatic carbocycles. The zero-order chi connectivity index (χ0) is 14.8. The highest BCUT2D eigenvalue weighted by molar-refractivity contribution is 5.99. The Morgan fingerprint density at radius 3 is 2.86 bits per heavy atom. The highest BCUT2D eigenvalue weighted by atomic mass is 16.6. The van der Waals surface area contributed by atoms with E-state index in [0.29, 0.717) is 11.9 Å². The van der Waals surface area contributed by atoms with Gasteiger partial charge in [-0.2, -0.15) is 5.10 Å². The van der Waals surface area contributed by atoms with Crippen LogP contribution >= 0.6 is 0 Å². The molecule has 7 heteroatoms. The Labute approximate surface area is 120 Å². The molecule has 106 valence electrons. The maximum absolute atomic E-state index is 11.1. The highest BCUT2D eigenvalue weighted by Crippen LogP contribution is 2.30. The molecule has 21 heavy (non-hydrogen) atoms. The Morgan fingerprint density at radius 2 is 2.14 bits per heavy atom. The van der Waals surface area contributed by atoms with Crippen LogP contribution in [0.3, 0.4) is 0 Å². The zero-order valence-corrected chi connectivity index (χ0v) is 11.4.